The van der Waals surface area contributed by atoms with Gasteiger partial charge in [0.2, 0.25) is 0 Å². The molecule has 0 fully saturated rings. The van der Waals surface area contributed by atoms with Gasteiger partial charge in [-0.1, -0.05) is 47.5 Å². The second kappa shape index (κ2) is 6.77. The van der Waals surface area contributed by atoms with E-state index in [4.69, 9.17) is 23.2 Å². The van der Waals surface area contributed by atoms with Gasteiger partial charge in [-0.15, -0.1) is 0 Å². The SMILES string of the molecule is O=C(O)C1CCC(c2ccc(Cl)cc2)=C(c2ccc(Cl)cc2)C1. The lowest BCUT2D eigenvalue weighted by Crippen LogP contribution is -2.18. The van der Waals surface area contributed by atoms with Gasteiger partial charge in [0.05, 0.1) is 5.92 Å². The van der Waals surface area contributed by atoms with Crippen LogP contribution in [0.5, 0.6) is 0 Å². The summed E-state index contributed by atoms with van der Waals surface area (Å²) >= 11 is 12.0. The first-order chi connectivity index (χ1) is 11.0. The molecule has 1 N–H and O–H groups in total. The fraction of sp³-hybridized carbons (Fsp3) is 0.211. The van der Waals surface area contributed by atoms with Crippen LogP contribution in [-0.2, 0) is 4.79 Å². The Morgan fingerprint density at radius 3 is 1.83 bits per heavy atom. The van der Waals surface area contributed by atoms with E-state index in [9.17, 15) is 9.90 Å². The number of carbonyl (C=O) groups is 1. The first-order valence-corrected chi connectivity index (χ1v) is 8.27. The van der Waals surface area contributed by atoms with Crippen LogP contribution in [0.1, 0.15) is 30.4 Å². The third-order valence-electron chi connectivity index (χ3n) is 4.29. The number of carboxylic acid groups (broad SMARTS) is 1. The van der Waals surface area contributed by atoms with Crippen molar-refractivity contribution in [2.45, 2.75) is 19.3 Å². The molecule has 1 aliphatic rings. The monoisotopic (exact) mass is 346 g/mol. The summed E-state index contributed by atoms with van der Waals surface area (Å²) in [5, 5.41) is 10.7. The van der Waals surface area contributed by atoms with Gasteiger partial charge in [-0.25, -0.2) is 0 Å². The summed E-state index contributed by atoms with van der Waals surface area (Å²) < 4.78 is 0. The molecular weight excluding hydrogens is 331 g/mol. The molecule has 0 bridgehead atoms. The highest BCUT2D eigenvalue weighted by Gasteiger charge is 2.27. The highest BCUT2D eigenvalue weighted by atomic mass is 35.5. The van der Waals surface area contributed by atoms with Crippen molar-refractivity contribution in [2.75, 3.05) is 0 Å². The van der Waals surface area contributed by atoms with E-state index in [1.54, 1.807) is 0 Å². The van der Waals surface area contributed by atoms with Gasteiger partial charge in [0.1, 0.15) is 0 Å². The molecule has 2 nitrogen and oxygen atoms in total. The molecule has 0 aromatic heterocycles. The zero-order valence-corrected chi connectivity index (χ0v) is 13.9. The molecule has 0 aliphatic heterocycles. The van der Waals surface area contributed by atoms with Gasteiger partial charge in [0, 0.05) is 10.0 Å². The minimum absolute atomic E-state index is 0.336. The maximum atomic E-state index is 11.4. The van der Waals surface area contributed by atoms with E-state index < -0.39 is 5.97 Å². The van der Waals surface area contributed by atoms with Crippen LogP contribution in [0, 0.1) is 5.92 Å². The van der Waals surface area contributed by atoms with Crippen LogP contribution in [-0.4, -0.2) is 11.1 Å². The fourth-order valence-electron chi connectivity index (χ4n) is 3.06. The van der Waals surface area contributed by atoms with E-state index in [0.29, 0.717) is 22.9 Å². The summed E-state index contributed by atoms with van der Waals surface area (Å²) in [5.41, 5.74) is 4.41. The maximum Gasteiger partial charge on any atom is 0.306 e. The highest BCUT2D eigenvalue weighted by Crippen LogP contribution is 2.41. The second-order valence-electron chi connectivity index (χ2n) is 5.75. The maximum absolute atomic E-state index is 11.4. The van der Waals surface area contributed by atoms with Crippen LogP contribution >= 0.6 is 23.2 Å². The number of aliphatic carboxylic acids is 1. The normalized spacial score (nSPS) is 18.1. The Labute approximate surface area is 145 Å². The lowest BCUT2D eigenvalue weighted by molar-refractivity contribution is -0.141. The Hall–Kier alpha value is -1.77. The van der Waals surface area contributed by atoms with Gasteiger partial charge in [-0.3, -0.25) is 4.79 Å². The third kappa shape index (κ3) is 3.60. The number of benzene rings is 2. The molecule has 0 saturated heterocycles. The van der Waals surface area contributed by atoms with Crippen LogP contribution in [0.25, 0.3) is 11.1 Å². The minimum Gasteiger partial charge on any atom is -0.481 e. The molecule has 1 unspecified atom stereocenters. The number of halogens is 2. The minimum atomic E-state index is -0.730. The van der Waals surface area contributed by atoms with Crippen LogP contribution in [0.15, 0.2) is 48.5 Å². The molecule has 0 spiro atoms. The van der Waals surface area contributed by atoms with E-state index in [0.717, 1.165) is 23.1 Å². The third-order valence-corrected chi connectivity index (χ3v) is 4.80. The molecule has 0 saturated carbocycles. The van der Waals surface area contributed by atoms with Gasteiger partial charge in [0.15, 0.2) is 0 Å². The summed E-state index contributed by atoms with van der Waals surface area (Å²) in [7, 11) is 0. The zero-order valence-electron chi connectivity index (χ0n) is 12.4. The highest BCUT2D eigenvalue weighted by molar-refractivity contribution is 6.31. The van der Waals surface area contributed by atoms with E-state index in [1.807, 2.05) is 48.5 Å². The Balaban J connectivity index is 2.08. The number of allylic oxidation sites excluding steroid dienone is 2. The van der Waals surface area contributed by atoms with Crippen LogP contribution in [0.4, 0.5) is 0 Å². The predicted octanol–water partition coefficient (Wildman–Crippen LogP) is 5.79. The largest absolute Gasteiger partial charge is 0.481 e. The smallest absolute Gasteiger partial charge is 0.306 e. The van der Waals surface area contributed by atoms with Gasteiger partial charge in [-0.2, -0.15) is 0 Å². The number of hydrogen-bond donors (Lipinski definition) is 1. The van der Waals surface area contributed by atoms with Gasteiger partial charge < -0.3 is 5.11 Å². The van der Waals surface area contributed by atoms with Crippen molar-refractivity contribution in [1.29, 1.82) is 0 Å². The molecule has 1 aliphatic carbocycles. The number of hydrogen-bond acceptors (Lipinski definition) is 1. The zero-order chi connectivity index (χ0) is 16.4. The molecule has 23 heavy (non-hydrogen) atoms. The number of rotatable bonds is 3. The average molecular weight is 347 g/mol. The van der Waals surface area contributed by atoms with Gasteiger partial charge >= 0.3 is 5.97 Å². The first-order valence-electron chi connectivity index (χ1n) is 7.51. The van der Waals surface area contributed by atoms with Crippen molar-refractivity contribution >= 4 is 40.3 Å². The summed E-state index contributed by atoms with van der Waals surface area (Å²) in [4.78, 5) is 11.4. The molecule has 118 valence electrons. The lowest BCUT2D eigenvalue weighted by Gasteiger charge is -2.26. The van der Waals surface area contributed by atoms with E-state index in [-0.39, 0.29) is 5.92 Å². The topological polar surface area (TPSA) is 37.3 Å². The Morgan fingerprint density at radius 2 is 1.35 bits per heavy atom. The molecule has 2 aromatic carbocycles. The molecule has 3 rings (SSSR count). The molecule has 2 aromatic rings. The quantitative estimate of drug-likeness (QED) is 0.763. The molecule has 4 heteroatoms. The second-order valence-corrected chi connectivity index (χ2v) is 6.62. The van der Waals surface area contributed by atoms with Crippen molar-refractivity contribution in [3.05, 3.63) is 69.7 Å². The summed E-state index contributed by atoms with van der Waals surface area (Å²) in [6.07, 6.45) is 1.94. The Morgan fingerprint density at radius 1 is 0.870 bits per heavy atom. The Kier molecular flexibility index (Phi) is 4.74. The van der Waals surface area contributed by atoms with Crippen molar-refractivity contribution in [2.24, 2.45) is 5.92 Å². The van der Waals surface area contributed by atoms with Gasteiger partial charge in [-0.05, 0) is 65.8 Å². The predicted molar refractivity (Wildman–Crippen MR) is 94.7 cm³/mol. The summed E-state index contributed by atoms with van der Waals surface area (Å²) in [5.74, 6) is -1.07. The molecule has 0 amide bonds. The average Bonchev–Trinajstić information content (AvgIpc) is 2.56. The van der Waals surface area contributed by atoms with Crippen molar-refractivity contribution in [3.8, 4) is 0 Å². The number of carboxylic acids is 1. The lowest BCUT2D eigenvalue weighted by atomic mass is 9.78. The van der Waals surface area contributed by atoms with Crippen LogP contribution in [0.3, 0.4) is 0 Å². The summed E-state index contributed by atoms with van der Waals surface area (Å²) in [6.45, 7) is 0. The van der Waals surface area contributed by atoms with Crippen LogP contribution < -0.4 is 0 Å². The standard InChI is InChI=1S/C19H16Cl2O2/c20-15-6-1-12(2-7-15)17-10-5-14(19(22)23)11-18(17)13-3-8-16(21)9-4-13/h1-4,6-9,14H,5,10-11H2,(H,22,23). The van der Waals surface area contributed by atoms with Crippen molar-refractivity contribution in [3.63, 3.8) is 0 Å². The Bertz CT molecular complexity index is 746. The molecule has 0 radical (unpaired) electrons. The van der Waals surface area contributed by atoms with E-state index in [1.165, 1.54) is 5.57 Å². The van der Waals surface area contributed by atoms with Gasteiger partial charge in [0.25, 0.3) is 0 Å². The van der Waals surface area contributed by atoms with Crippen molar-refractivity contribution < 1.29 is 9.90 Å². The molecule has 0 heterocycles. The van der Waals surface area contributed by atoms with E-state index in [2.05, 4.69) is 0 Å². The molecule has 1 atom stereocenters. The summed E-state index contributed by atoms with van der Waals surface area (Å²) in [6, 6.07) is 15.3. The van der Waals surface area contributed by atoms with Crippen molar-refractivity contribution in [1.82, 2.24) is 0 Å². The van der Waals surface area contributed by atoms with E-state index >= 15 is 0 Å². The molecular formula is C19H16Cl2O2. The van der Waals surface area contributed by atoms with Crippen LogP contribution in [0.2, 0.25) is 10.0 Å². The first kappa shape index (κ1) is 16.1. The fourth-order valence-corrected chi connectivity index (χ4v) is 3.32.